The second-order valence-corrected chi connectivity index (χ2v) is 3.62. The van der Waals surface area contributed by atoms with Crippen LogP contribution in [0.1, 0.15) is 0 Å². The second-order valence-electron chi connectivity index (χ2n) is 2.47. The molecule has 0 saturated heterocycles. The van der Waals surface area contributed by atoms with E-state index in [4.69, 9.17) is 17.3 Å². The highest BCUT2D eigenvalue weighted by molar-refractivity contribution is 7.07. The van der Waals surface area contributed by atoms with Gasteiger partial charge in [-0.3, -0.25) is 4.98 Å². The average Bonchev–Trinajstić information content (AvgIpc) is 2.56. The zero-order valence-electron chi connectivity index (χ0n) is 6.57. The first kappa shape index (κ1) is 8.47. The first-order valence-corrected chi connectivity index (χ1v) is 4.89. The number of aromatic nitrogens is 2. The zero-order valence-corrected chi connectivity index (χ0v) is 8.14. The minimum atomic E-state index is 0.538. The summed E-state index contributed by atoms with van der Waals surface area (Å²) in [6.07, 6.45) is 1.56. The largest absolute Gasteiger partial charge is 0.397 e. The number of pyridine rings is 1. The Morgan fingerprint density at radius 1 is 1.38 bits per heavy atom. The Bertz CT molecular complexity index is 413. The molecule has 2 aromatic rings. The molecule has 0 fully saturated rings. The molecule has 2 rings (SSSR count). The van der Waals surface area contributed by atoms with Crippen LogP contribution < -0.4 is 5.73 Å². The SMILES string of the molecule is Nc1cc(Cl)cnc1-c1cscn1. The summed E-state index contributed by atoms with van der Waals surface area (Å²) in [5.41, 5.74) is 9.50. The molecule has 13 heavy (non-hydrogen) atoms. The van der Waals surface area contributed by atoms with Gasteiger partial charge in [0.05, 0.1) is 16.2 Å². The van der Waals surface area contributed by atoms with Crippen LogP contribution in [0.15, 0.2) is 23.2 Å². The zero-order chi connectivity index (χ0) is 9.26. The molecule has 0 amide bonds. The Kier molecular flexibility index (Phi) is 2.16. The van der Waals surface area contributed by atoms with Crippen LogP contribution in [0.5, 0.6) is 0 Å². The van der Waals surface area contributed by atoms with E-state index in [2.05, 4.69) is 9.97 Å². The van der Waals surface area contributed by atoms with Gasteiger partial charge in [0, 0.05) is 11.6 Å². The normalized spacial score (nSPS) is 10.2. The highest BCUT2D eigenvalue weighted by atomic mass is 35.5. The van der Waals surface area contributed by atoms with Gasteiger partial charge in [-0.15, -0.1) is 11.3 Å². The number of rotatable bonds is 1. The van der Waals surface area contributed by atoms with Crippen molar-refractivity contribution in [3.05, 3.63) is 28.2 Å². The first-order valence-electron chi connectivity index (χ1n) is 3.57. The highest BCUT2D eigenvalue weighted by Gasteiger charge is 2.05. The van der Waals surface area contributed by atoms with Crippen molar-refractivity contribution in [2.75, 3.05) is 5.73 Å². The standard InChI is InChI=1S/C8H6ClN3S/c9-5-1-6(10)8(11-2-5)7-3-13-4-12-7/h1-4H,10H2. The molecule has 2 N–H and O–H groups in total. The number of thiazole rings is 1. The summed E-state index contributed by atoms with van der Waals surface area (Å²) in [7, 11) is 0. The van der Waals surface area contributed by atoms with E-state index >= 15 is 0 Å². The summed E-state index contributed by atoms with van der Waals surface area (Å²) in [5, 5.41) is 2.43. The summed E-state index contributed by atoms with van der Waals surface area (Å²) in [6.45, 7) is 0. The van der Waals surface area contributed by atoms with Crippen LogP contribution in [-0.4, -0.2) is 9.97 Å². The minimum Gasteiger partial charge on any atom is -0.397 e. The fraction of sp³-hybridized carbons (Fsp3) is 0. The van der Waals surface area contributed by atoms with Crippen molar-refractivity contribution in [1.82, 2.24) is 9.97 Å². The molecule has 0 atom stereocenters. The molecule has 0 aliphatic rings. The van der Waals surface area contributed by atoms with Crippen molar-refractivity contribution in [1.29, 1.82) is 0 Å². The van der Waals surface area contributed by atoms with Gasteiger partial charge in [0.15, 0.2) is 0 Å². The van der Waals surface area contributed by atoms with Crippen molar-refractivity contribution in [3.8, 4) is 11.4 Å². The number of nitrogens with zero attached hydrogens (tertiary/aromatic N) is 2. The Hall–Kier alpha value is -1.13. The quantitative estimate of drug-likeness (QED) is 0.788. The Morgan fingerprint density at radius 2 is 2.23 bits per heavy atom. The number of hydrogen-bond acceptors (Lipinski definition) is 4. The minimum absolute atomic E-state index is 0.538. The monoisotopic (exact) mass is 211 g/mol. The lowest BCUT2D eigenvalue weighted by Gasteiger charge is -2.00. The van der Waals surface area contributed by atoms with Crippen molar-refractivity contribution in [2.24, 2.45) is 0 Å². The summed E-state index contributed by atoms with van der Waals surface area (Å²) in [6, 6.07) is 1.67. The van der Waals surface area contributed by atoms with E-state index in [0.29, 0.717) is 16.4 Å². The number of halogens is 1. The van der Waals surface area contributed by atoms with Crippen molar-refractivity contribution >= 4 is 28.6 Å². The van der Waals surface area contributed by atoms with E-state index in [1.54, 1.807) is 17.8 Å². The molecule has 0 spiro atoms. The molecular formula is C8H6ClN3S. The van der Waals surface area contributed by atoms with E-state index in [0.717, 1.165) is 5.69 Å². The third-order valence-corrected chi connectivity index (χ3v) is 2.35. The Labute approximate surface area is 84.2 Å². The molecule has 2 heterocycles. The van der Waals surface area contributed by atoms with E-state index in [-0.39, 0.29) is 0 Å². The van der Waals surface area contributed by atoms with Crippen molar-refractivity contribution in [2.45, 2.75) is 0 Å². The third kappa shape index (κ3) is 1.64. The van der Waals surface area contributed by atoms with Crippen LogP contribution in [0.3, 0.4) is 0 Å². The van der Waals surface area contributed by atoms with Crippen LogP contribution in [0.2, 0.25) is 5.02 Å². The lowest BCUT2D eigenvalue weighted by molar-refractivity contribution is 1.28. The lowest BCUT2D eigenvalue weighted by atomic mass is 10.2. The van der Waals surface area contributed by atoms with Gasteiger partial charge >= 0.3 is 0 Å². The maximum atomic E-state index is 5.73. The predicted molar refractivity (Wildman–Crippen MR) is 54.8 cm³/mol. The van der Waals surface area contributed by atoms with Gasteiger partial charge in [0.2, 0.25) is 0 Å². The van der Waals surface area contributed by atoms with Crippen LogP contribution in [0.25, 0.3) is 11.4 Å². The Morgan fingerprint density at radius 3 is 2.85 bits per heavy atom. The highest BCUT2D eigenvalue weighted by Crippen LogP contribution is 2.24. The van der Waals surface area contributed by atoms with Crippen LogP contribution >= 0.6 is 22.9 Å². The van der Waals surface area contributed by atoms with Crippen molar-refractivity contribution < 1.29 is 0 Å². The van der Waals surface area contributed by atoms with Gasteiger partial charge < -0.3 is 5.73 Å². The Balaban J connectivity index is 2.53. The molecule has 0 unspecified atom stereocenters. The number of anilines is 1. The maximum Gasteiger partial charge on any atom is 0.112 e. The number of hydrogen-bond donors (Lipinski definition) is 1. The smallest absolute Gasteiger partial charge is 0.112 e. The van der Waals surface area contributed by atoms with Crippen LogP contribution in [-0.2, 0) is 0 Å². The molecule has 0 aromatic carbocycles. The summed E-state index contributed by atoms with van der Waals surface area (Å²) < 4.78 is 0. The fourth-order valence-electron chi connectivity index (χ4n) is 0.998. The van der Waals surface area contributed by atoms with Gasteiger partial charge in [-0.05, 0) is 6.07 Å². The molecule has 0 saturated carbocycles. The molecule has 5 heteroatoms. The molecular weight excluding hydrogens is 206 g/mol. The molecule has 2 aromatic heterocycles. The maximum absolute atomic E-state index is 5.73. The summed E-state index contributed by atoms with van der Waals surface area (Å²) in [5.74, 6) is 0. The molecule has 66 valence electrons. The lowest BCUT2D eigenvalue weighted by Crippen LogP contribution is -1.92. The molecule has 0 radical (unpaired) electrons. The van der Waals surface area contributed by atoms with Gasteiger partial charge in [0.25, 0.3) is 0 Å². The summed E-state index contributed by atoms with van der Waals surface area (Å²) >= 11 is 7.23. The number of nitrogens with two attached hydrogens (primary N) is 1. The molecule has 0 aliphatic heterocycles. The van der Waals surface area contributed by atoms with Crippen LogP contribution in [0, 0.1) is 0 Å². The van der Waals surface area contributed by atoms with Crippen LogP contribution in [0.4, 0.5) is 5.69 Å². The third-order valence-electron chi connectivity index (χ3n) is 1.56. The van der Waals surface area contributed by atoms with Gasteiger partial charge in [0.1, 0.15) is 11.4 Å². The summed E-state index contributed by atoms with van der Waals surface area (Å²) in [4.78, 5) is 8.22. The van der Waals surface area contributed by atoms with E-state index in [1.807, 2.05) is 5.38 Å². The topological polar surface area (TPSA) is 51.8 Å². The van der Waals surface area contributed by atoms with Gasteiger partial charge in [-0.2, -0.15) is 0 Å². The average molecular weight is 212 g/mol. The van der Waals surface area contributed by atoms with E-state index in [1.165, 1.54) is 11.3 Å². The predicted octanol–water partition coefficient (Wildman–Crippen LogP) is 2.44. The van der Waals surface area contributed by atoms with E-state index < -0.39 is 0 Å². The molecule has 0 bridgehead atoms. The second kappa shape index (κ2) is 3.32. The van der Waals surface area contributed by atoms with Gasteiger partial charge in [-0.25, -0.2) is 4.98 Å². The van der Waals surface area contributed by atoms with Crippen molar-refractivity contribution in [3.63, 3.8) is 0 Å². The molecule has 0 aliphatic carbocycles. The van der Waals surface area contributed by atoms with Gasteiger partial charge in [-0.1, -0.05) is 11.6 Å². The fourth-order valence-corrected chi connectivity index (χ4v) is 1.70. The van der Waals surface area contributed by atoms with E-state index in [9.17, 15) is 0 Å². The first-order chi connectivity index (χ1) is 6.27. The number of nitrogen functional groups attached to an aromatic ring is 1. The molecule has 3 nitrogen and oxygen atoms in total.